The fourth-order valence-electron chi connectivity index (χ4n) is 3.64. The normalized spacial score (nSPS) is 16.9. The summed E-state index contributed by atoms with van der Waals surface area (Å²) in [7, 11) is -2.72. The number of nitro benzene ring substituents is 1. The molecule has 1 atom stereocenters. The molecule has 150 valence electrons. The van der Waals surface area contributed by atoms with Crippen LogP contribution in [0.5, 0.6) is 5.75 Å². The summed E-state index contributed by atoms with van der Waals surface area (Å²) in [6.45, 7) is 0.279. The molecular formula is C20H18N2O5S2. The number of non-ortho nitro benzene ring substituents is 1. The van der Waals surface area contributed by atoms with Crippen molar-refractivity contribution in [2.75, 3.05) is 13.7 Å². The Hall–Kier alpha value is -2.75. The number of rotatable bonds is 5. The van der Waals surface area contributed by atoms with Gasteiger partial charge in [0.1, 0.15) is 10.6 Å². The Bertz CT molecular complexity index is 1160. The highest BCUT2D eigenvalue weighted by Crippen LogP contribution is 2.42. The molecule has 0 radical (unpaired) electrons. The molecule has 2 aromatic carbocycles. The van der Waals surface area contributed by atoms with Gasteiger partial charge in [-0.1, -0.05) is 30.3 Å². The number of methoxy groups -OCH3 is 1. The maximum Gasteiger partial charge on any atom is 0.271 e. The van der Waals surface area contributed by atoms with Gasteiger partial charge in [-0.15, -0.1) is 11.3 Å². The van der Waals surface area contributed by atoms with Crippen LogP contribution in [0.3, 0.4) is 0 Å². The summed E-state index contributed by atoms with van der Waals surface area (Å²) in [5, 5.41) is 13.2. The summed E-state index contributed by atoms with van der Waals surface area (Å²) in [6, 6.07) is 14.5. The van der Waals surface area contributed by atoms with E-state index < -0.39 is 21.0 Å². The lowest BCUT2D eigenvalue weighted by atomic mass is 9.95. The minimum Gasteiger partial charge on any atom is -0.495 e. The van der Waals surface area contributed by atoms with Crippen LogP contribution in [-0.4, -0.2) is 31.3 Å². The number of nitro groups is 1. The first kappa shape index (κ1) is 19.6. The number of fused-ring (bicyclic) bond motifs is 1. The van der Waals surface area contributed by atoms with Gasteiger partial charge in [0, 0.05) is 23.6 Å². The molecule has 3 aromatic rings. The van der Waals surface area contributed by atoms with Gasteiger partial charge < -0.3 is 4.74 Å². The van der Waals surface area contributed by atoms with Crippen molar-refractivity contribution in [3.8, 4) is 5.75 Å². The summed E-state index contributed by atoms with van der Waals surface area (Å²) >= 11 is 1.61. The molecular weight excluding hydrogens is 412 g/mol. The molecule has 0 aliphatic carbocycles. The van der Waals surface area contributed by atoms with Crippen LogP contribution in [0.4, 0.5) is 5.69 Å². The van der Waals surface area contributed by atoms with E-state index in [4.69, 9.17) is 4.74 Å². The highest BCUT2D eigenvalue weighted by molar-refractivity contribution is 7.89. The van der Waals surface area contributed by atoms with Crippen LogP contribution in [-0.2, 0) is 16.4 Å². The second-order valence-electron chi connectivity index (χ2n) is 6.57. The number of benzene rings is 2. The predicted octanol–water partition coefficient (Wildman–Crippen LogP) is 4.00. The minimum atomic E-state index is -4.07. The summed E-state index contributed by atoms with van der Waals surface area (Å²) in [5.74, 6) is 0.0820. The van der Waals surface area contributed by atoms with E-state index in [9.17, 15) is 18.5 Å². The van der Waals surface area contributed by atoms with Crippen LogP contribution < -0.4 is 4.74 Å². The molecule has 0 spiro atoms. The van der Waals surface area contributed by atoms with Crippen LogP contribution in [0.15, 0.2) is 64.9 Å². The molecule has 1 unspecified atom stereocenters. The van der Waals surface area contributed by atoms with Crippen molar-refractivity contribution in [2.45, 2.75) is 17.4 Å². The molecule has 1 aliphatic rings. The van der Waals surface area contributed by atoms with Crippen molar-refractivity contribution in [3.05, 3.63) is 86.1 Å². The highest BCUT2D eigenvalue weighted by Gasteiger charge is 2.39. The van der Waals surface area contributed by atoms with Gasteiger partial charge in [-0.25, -0.2) is 8.42 Å². The van der Waals surface area contributed by atoms with E-state index in [0.29, 0.717) is 6.42 Å². The second kappa shape index (κ2) is 7.58. The van der Waals surface area contributed by atoms with Gasteiger partial charge in [0.25, 0.3) is 5.69 Å². The molecule has 0 amide bonds. The van der Waals surface area contributed by atoms with E-state index in [-0.39, 0.29) is 22.9 Å². The van der Waals surface area contributed by atoms with Crippen LogP contribution in [0.25, 0.3) is 0 Å². The standard InChI is InChI=1S/C20H18N2O5S2/c1-27-17-8-7-15(22(23)24)13-19(17)29(25,26)21-11-9-18-16(10-12-28-18)20(21)14-5-3-2-4-6-14/h2-8,10,12-13,20H,9,11H2,1H3. The van der Waals surface area contributed by atoms with Crippen LogP contribution in [0, 0.1) is 10.1 Å². The van der Waals surface area contributed by atoms with Crippen LogP contribution >= 0.6 is 11.3 Å². The van der Waals surface area contributed by atoms with E-state index in [1.807, 2.05) is 41.8 Å². The lowest BCUT2D eigenvalue weighted by molar-refractivity contribution is -0.385. The van der Waals surface area contributed by atoms with Gasteiger partial charge in [-0.2, -0.15) is 4.31 Å². The van der Waals surface area contributed by atoms with Gasteiger partial charge in [0.05, 0.1) is 18.1 Å². The maximum atomic E-state index is 13.7. The average Bonchev–Trinajstić information content (AvgIpc) is 3.22. The van der Waals surface area contributed by atoms with Crippen molar-refractivity contribution in [3.63, 3.8) is 0 Å². The summed E-state index contributed by atoms with van der Waals surface area (Å²) in [4.78, 5) is 11.6. The third-order valence-corrected chi connectivity index (χ3v) is 7.86. The molecule has 9 heteroatoms. The fourth-order valence-corrected chi connectivity index (χ4v) is 6.32. The molecule has 4 rings (SSSR count). The minimum absolute atomic E-state index is 0.0820. The lowest BCUT2D eigenvalue weighted by Crippen LogP contribution is -2.40. The molecule has 0 saturated carbocycles. The largest absolute Gasteiger partial charge is 0.495 e. The summed E-state index contributed by atoms with van der Waals surface area (Å²) in [6.07, 6.45) is 0.590. The van der Waals surface area contributed by atoms with Crippen LogP contribution in [0.1, 0.15) is 22.0 Å². The SMILES string of the molecule is COc1ccc([N+](=O)[O-])cc1S(=O)(=O)N1CCc2sccc2C1c1ccccc1. The average molecular weight is 431 g/mol. The zero-order valence-electron chi connectivity index (χ0n) is 15.5. The number of nitrogens with zero attached hydrogens (tertiary/aromatic N) is 2. The number of sulfonamides is 1. The van der Waals surface area contributed by atoms with E-state index in [1.165, 1.54) is 23.5 Å². The number of thiophene rings is 1. The van der Waals surface area contributed by atoms with E-state index in [0.717, 1.165) is 22.1 Å². The van der Waals surface area contributed by atoms with Gasteiger partial charge in [-0.05, 0) is 35.1 Å². The van der Waals surface area contributed by atoms with E-state index in [2.05, 4.69) is 0 Å². The zero-order valence-corrected chi connectivity index (χ0v) is 17.2. The lowest BCUT2D eigenvalue weighted by Gasteiger charge is -2.35. The topological polar surface area (TPSA) is 89.7 Å². The first-order chi connectivity index (χ1) is 13.9. The van der Waals surface area contributed by atoms with Crippen molar-refractivity contribution < 1.29 is 18.1 Å². The molecule has 1 aliphatic heterocycles. The number of hydrogen-bond acceptors (Lipinski definition) is 6. The van der Waals surface area contributed by atoms with Gasteiger partial charge in [0.2, 0.25) is 10.0 Å². The van der Waals surface area contributed by atoms with Crippen molar-refractivity contribution in [2.24, 2.45) is 0 Å². The molecule has 0 fully saturated rings. The van der Waals surface area contributed by atoms with E-state index >= 15 is 0 Å². The van der Waals surface area contributed by atoms with Gasteiger partial charge >= 0.3 is 0 Å². The van der Waals surface area contributed by atoms with Crippen LogP contribution in [0.2, 0.25) is 0 Å². The molecule has 2 heterocycles. The maximum absolute atomic E-state index is 13.7. The first-order valence-electron chi connectivity index (χ1n) is 8.89. The molecule has 0 saturated heterocycles. The Morgan fingerprint density at radius 3 is 2.62 bits per heavy atom. The third-order valence-electron chi connectivity index (χ3n) is 4.98. The Morgan fingerprint density at radius 1 is 1.17 bits per heavy atom. The number of hydrogen-bond donors (Lipinski definition) is 0. The molecule has 0 N–H and O–H groups in total. The quantitative estimate of drug-likeness (QED) is 0.451. The van der Waals surface area contributed by atoms with Crippen molar-refractivity contribution >= 4 is 27.0 Å². The zero-order chi connectivity index (χ0) is 20.6. The smallest absolute Gasteiger partial charge is 0.271 e. The molecule has 29 heavy (non-hydrogen) atoms. The first-order valence-corrected chi connectivity index (χ1v) is 11.2. The number of ether oxygens (including phenoxy) is 1. The molecule has 7 nitrogen and oxygen atoms in total. The second-order valence-corrected chi connectivity index (χ2v) is 9.43. The Morgan fingerprint density at radius 2 is 1.93 bits per heavy atom. The summed E-state index contributed by atoms with van der Waals surface area (Å²) < 4.78 is 34.0. The van der Waals surface area contributed by atoms with Crippen molar-refractivity contribution in [1.82, 2.24) is 4.31 Å². The predicted molar refractivity (Wildman–Crippen MR) is 110 cm³/mol. The van der Waals surface area contributed by atoms with Gasteiger partial charge in [-0.3, -0.25) is 10.1 Å². The van der Waals surface area contributed by atoms with Crippen molar-refractivity contribution in [1.29, 1.82) is 0 Å². The highest BCUT2D eigenvalue weighted by atomic mass is 32.2. The summed E-state index contributed by atoms with van der Waals surface area (Å²) in [5.41, 5.74) is 1.49. The Kier molecular flexibility index (Phi) is 5.12. The molecule has 1 aromatic heterocycles. The fraction of sp³-hybridized carbons (Fsp3) is 0.200. The third kappa shape index (κ3) is 3.41. The monoisotopic (exact) mass is 430 g/mol. The van der Waals surface area contributed by atoms with Gasteiger partial charge in [0.15, 0.2) is 0 Å². The Balaban J connectivity index is 1.88. The Labute approximate surface area is 172 Å². The molecule has 0 bridgehead atoms. The van der Waals surface area contributed by atoms with E-state index in [1.54, 1.807) is 11.3 Å².